The molecule has 3 rings (SSSR count). The van der Waals surface area contributed by atoms with E-state index in [0.29, 0.717) is 0 Å². The van der Waals surface area contributed by atoms with Crippen molar-refractivity contribution in [3.8, 4) is 0 Å². The van der Waals surface area contributed by atoms with Crippen LogP contribution in [0, 0.1) is 0 Å². The van der Waals surface area contributed by atoms with Crippen LogP contribution in [0.5, 0.6) is 0 Å². The van der Waals surface area contributed by atoms with Gasteiger partial charge in [-0.2, -0.15) is 0 Å². The van der Waals surface area contributed by atoms with E-state index < -0.39 is 0 Å². The smallest absolute Gasteiger partial charge is 0.134 e. The summed E-state index contributed by atoms with van der Waals surface area (Å²) in [5.41, 5.74) is 0.940. The monoisotopic (exact) mass is 246 g/mol. The van der Waals surface area contributed by atoms with Gasteiger partial charge in [0.05, 0.1) is 6.26 Å². The maximum absolute atomic E-state index is 5.35. The zero-order valence-electron chi connectivity index (χ0n) is 7.33. The molecular weight excluding hydrogens is 240 g/mol. The molecule has 14 heavy (non-hydrogen) atoms. The molecule has 2 heteroatoms. The Kier molecular flexibility index (Phi) is 1.64. The van der Waals surface area contributed by atoms with Gasteiger partial charge in [0.1, 0.15) is 5.58 Å². The van der Waals surface area contributed by atoms with Crippen molar-refractivity contribution in [1.82, 2.24) is 0 Å². The molecule has 0 radical (unpaired) electrons. The molecule has 0 saturated heterocycles. The second-order valence-electron chi connectivity index (χ2n) is 3.26. The number of rotatable bonds is 0. The molecular formula is C12H7BrO. The SMILES string of the molecule is Brc1ccc2ccc3occc3c2c1. The van der Waals surface area contributed by atoms with Gasteiger partial charge in [0.15, 0.2) is 0 Å². The average molecular weight is 247 g/mol. The number of benzene rings is 2. The summed E-state index contributed by atoms with van der Waals surface area (Å²) in [6.07, 6.45) is 1.73. The van der Waals surface area contributed by atoms with Crippen molar-refractivity contribution in [3.05, 3.63) is 47.1 Å². The molecule has 0 atom stereocenters. The number of halogens is 1. The van der Waals surface area contributed by atoms with Crippen molar-refractivity contribution in [3.63, 3.8) is 0 Å². The summed E-state index contributed by atoms with van der Waals surface area (Å²) in [7, 11) is 0. The van der Waals surface area contributed by atoms with E-state index in [0.717, 1.165) is 10.1 Å². The Labute approximate surface area is 89.5 Å². The van der Waals surface area contributed by atoms with E-state index in [9.17, 15) is 0 Å². The van der Waals surface area contributed by atoms with E-state index >= 15 is 0 Å². The lowest BCUT2D eigenvalue weighted by Gasteiger charge is -1.99. The van der Waals surface area contributed by atoms with Gasteiger partial charge in [0.25, 0.3) is 0 Å². The van der Waals surface area contributed by atoms with E-state index in [2.05, 4.69) is 34.1 Å². The average Bonchev–Trinajstić information content (AvgIpc) is 2.65. The van der Waals surface area contributed by atoms with Crippen LogP contribution in [0.1, 0.15) is 0 Å². The molecule has 0 aliphatic rings. The van der Waals surface area contributed by atoms with Gasteiger partial charge < -0.3 is 4.42 Å². The minimum absolute atomic E-state index is 0.940. The summed E-state index contributed by atoms with van der Waals surface area (Å²) in [5, 5.41) is 3.64. The van der Waals surface area contributed by atoms with Crippen LogP contribution in [-0.2, 0) is 0 Å². The quantitative estimate of drug-likeness (QED) is 0.575. The van der Waals surface area contributed by atoms with Gasteiger partial charge in [0, 0.05) is 9.86 Å². The number of hydrogen-bond donors (Lipinski definition) is 0. The normalized spacial score (nSPS) is 11.2. The van der Waals surface area contributed by atoms with Crippen LogP contribution >= 0.6 is 15.9 Å². The fraction of sp³-hybridized carbons (Fsp3) is 0. The first-order valence-corrected chi connectivity index (χ1v) is 5.19. The van der Waals surface area contributed by atoms with Crippen molar-refractivity contribution >= 4 is 37.7 Å². The van der Waals surface area contributed by atoms with Crippen LogP contribution in [0.3, 0.4) is 0 Å². The highest BCUT2D eigenvalue weighted by molar-refractivity contribution is 9.10. The van der Waals surface area contributed by atoms with Crippen molar-refractivity contribution in [2.75, 3.05) is 0 Å². The molecule has 2 aromatic carbocycles. The Bertz CT molecular complexity index is 610. The molecule has 3 aromatic rings. The third-order valence-electron chi connectivity index (χ3n) is 2.41. The Balaban J connectivity index is 2.60. The molecule has 0 aliphatic carbocycles. The highest BCUT2D eigenvalue weighted by Gasteiger charge is 2.02. The molecule has 0 spiro atoms. The van der Waals surface area contributed by atoms with Gasteiger partial charge in [-0.1, -0.05) is 28.1 Å². The fourth-order valence-corrected chi connectivity index (χ4v) is 2.11. The maximum Gasteiger partial charge on any atom is 0.134 e. The highest BCUT2D eigenvalue weighted by atomic mass is 79.9. The molecule has 0 unspecified atom stereocenters. The topological polar surface area (TPSA) is 13.1 Å². The molecule has 1 aromatic heterocycles. The van der Waals surface area contributed by atoms with Crippen LogP contribution < -0.4 is 0 Å². The summed E-state index contributed by atoms with van der Waals surface area (Å²) in [5.74, 6) is 0. The lowest BCUT2D eigenvalue weighted by atomic mass is 10.1. The predicted molar refractivity (Wildman–Crippen MR) is 61.4 cm³/mol. The zero-order chi connectivity index (χ0) is 9.54. The number of hydrogen-bond acceptors (Lipinski definition) is 1. The molecule has 0 saturated carbocycles. The van der Waals surface area contributed by atoms with Gasteiger partial charge in [-0.15, -0.1) is 0 Å². The van der Waals surface area contributed by atoms with E-state index in [1.54, 1.807) is 6.26 Å². The van der Waals surface area contributed by atoms with Gasteiger partial charge in [-0.3, -0.25) is 0 Å². The summed E-state index contributed by atoms with van der Waals surface area (Å²) in [6, 6.07) is 12.4. The minimum atomic E-state index is 0.940. The third-order valence-corrected chi connectivity index (χ3v) is 2.91. The Morgan fingerprint density at radius 1 is 0.929 bits per heavy atom. The van der Waals surface area contributed by atoms with Gasteiger partial charge >= 0.3 is 0 Å². The van der Waals surface area contributed by atoms with E-state index in [1.165, 1.54) is 16.2 Å². The third kappa shape index (κ3) is 1.07. The van der Waals surface area contributed by atoms with Gasteiger partial charge in [0.2, 0.25) is 0 Å². The fourth-order valence-electron chi connectivity index (χ4n) is 1.75. The van der Waals surface area contributed by atoms with Crippen LogP contribution in [0.4, 0.5) is 0 Å². The standard InChI is InChI=1S/C12H7BrO/c13-9-3-1-8-2-4-12-10(5-6-14-12)11(8)7-9/h1-7H. The largest absolute Gasteiger partial charge is 0.464 e. The van der Waals surface area contributed by atoms with Crippen LogP contribution in [0.25, 0.3) is 21.7 Å². The maximum atomic E-state index is 5.35. The lowest BCUT2D eigenvalue weighted by Crippen LogP contribution is -1.73. The molecule has 0 aliphatic heterocycles. The predicted octanol–water partition coefficient (Wildman–Crippen LogP) is 4.35. The Morgan fingerprint density at radius 2 is 1.79 bits per heavy atom. The molecule has 0 amide bonds. The summed E-state index contributed by atoms with van der Waals surface area (Å²) < 4.78 is 6.45. The number of fused-ring (bicyclic) bond motifs is 3. The van der Waals surface area contributed by atoms with Crippen molar-refractivity contribution in [1.29, 1.82) is 0 Å². The lowest BCUT2D eigenvalue weighted by molar-refractivity contribution is 0.616. The van der Waals surface area contributed by atoms with Gasteiger partial charge in [-0.25, -0.2) is 0 Å². The minimum Gasteiger partial charge on any atom is -0.464 e. The van der Waals surface area contributed by atoms with Gasteiger partial charge in [-0.05, 0) is 35.0 Å². The number of furan rings is 1. The first-order chi connectivity index (χ1) is 6.84. The van der Waals surface area contributed by atoms with Crippen molar-refractivity contribution in [2.45, 2.75) is 0 Å². The van der Waals surface area contributed by atoms with Crippen molar-refractivity contribution < 1.29 is 4.42 Å². The molecule has 1 heterocycles. The van der Waals surface area contributed by atoms with Crippen molar-refractivity contribution in [2.24, 2.45) is 0 Å². The molecule has 1 nitrogen and oxygen atoms in total. The highest BCUT2D eigenvalue weighted by Crippen LogP contribution is 2.28. The van der Waals surface area contributed by atoms with E-state index in [-0.39, 0.29) is 0 Å². The van der Waals surface area contributed by atoms with E-state index in [4.69, 9.17) is 4.42 Å². The second-order valence-corrected chi connectivity index (χ2v) is 4.18. The first kappa shape index (κ1) is 8.06. The Morgan fingerprint density at radius 3 is 2.71 bits per heavy atom. The summed E-state index contributed by atoms with van der Waals surface area (Å²) in [6.45, 7) is 0. The zero-order valence-corrected chi connectivity index (χ0v) is 8.91. The molecule has 0 N–H and O–H groups in total. The van der Waals surface area contributed by atoms with Crippen LogP contribution in [0.15, 0.2) is 51.6 Å². The summed E-state index contributed by atoms with van der Waals surface area (Å²) >= 11 is 3.48. The molecule has 0 fully saturated rings. The Hall–Kier alpha value is -1.28. The van der Waals surface area contributed by atoms with Crippen LogP contribution in [0.2, 0.25) is 0 Å². The van der Waals surface area contributed by atoms with Crippen LogP contribution in [-0.4, -0.2) is 0 Å². The molecule has 68 valence electrons. The van der Waals surface area contributed by atoms with E-state index in [1.807, 2.05) is 18.2 Å². The summed E-state index contributed by atoms with van der Waals surface area (Å²) in [4.78, 5) is 0. The second kappa shape index (κ2) is 2.85. The first-order valence-electron chi connectivity index (χ1n) is 4.40. The molecule has 0 bridgehead atoms.